The second-order valence-corrected chi connectivity index (χ2v) is 4.89. The van der Waals surface area contributed by atoms with E-state index < -0.39 is 0 Å². The van der Waals surface area contributed by atoms with E-state index in [4.69, 9.17) is 22.1 Å². The van der Waals surface area contributed by atoms with Crippen LogP contribution in [0.15, 0.2) is 18.2 Å². The van der Waals surface area contributed by atoms with Crippen molar-refractivity contribution in [3.63, 3.8) is 0 Å². The normalized spacial score (nSPS) is 10.8. The first kappa shape index (κ1) is 13.9. The van der Waals surface area contributed by atoms with E-state index in [1.54, 1.807) is 7.11 Å². The number of ether oxygens (including phenoxy) is 1. The Labute approximate surface area is 118 Å². The number of rotatable bonds is 4. The predicted molar refractivity (Wildman–Crippen MR) is 76.7 cm³/mol. The fourth-order valence-corrected chi connectivity index (χ4v) is 2.44. The monoisotopic (exact) mass is 279 g/mol. The second kappa shape index (κ2) is 5.63. The molecule has 0 spiro atoms. The van der Waals surface area contributed by atoms with E-state index >= 15 is 0 Å². The largest absolute Gasteiger partial charge is 0.495 e. The van der Waals surface area contributed by atoms with Crippen molar-refractivity contribution in [2.24, 2.45) is 5.73 Å². The zero-order valence-electron chi connectivity index (χ0n) is 11.4. The summed E-state index contributed by atoms with van der Waals surface area (Å²) in [6.45, 7) is 5.21. The number of methoxy groups -OCH3 is 1. The molecular weight excluding hydrogens is 262 g/mol. The van der Waals surface area contributed by atoms with E-state index in [2.05, 4.69) is 5.10 Å². The number of hydrogen-bond acceptors (Lipinski definition) is 3. The van der Waals surface area contributed by atoms with Gasteiger partial charge in [-0.3, -0.25) is 4.68 Å². The van der Waals surface area contributed by atoms with Crippen LogP contribution < -0.4 is 10.5 Å². The molecule has 0 unspecified atom stereocenters. The smallest absolute Gasteiger partial charge is 0.137 e. The number of halogens is 1. The predicted octanol–water partition coefficient (Wildman–Crippen LogP) is 2.67. The van der Waals surface area contributed by atoms with Gasteiger partial charge in [0, 0.05) is 17.8 Å². The molecule has 0 aliphatic rings. The maximum absolute atomic E-state index is 6.12. The van der Waals surface area contributed by atoms with Crippen LogP contribution in [-0.4, -0.2) is 16.9 Å². The molecule has 4 nitrogen and oxygen atoms in total. The summed E-state index contributed by atoms with van der Waals surface area (Å²) in [5.74, 6) is 0.682. The van der Waals surface area contributed by atoms with Gasteiger partial charge in [-0.1, -0.05) is 17.7 Å². The van der Waals surface area contributed by atoms with Crippen LogP contribution in [0, 0.1) is 13.8 Å². The number of aryl methyl sites for hydroxylation is 1. The average molecular weight is 280 g/mol. The van der Waals surface area contributed by atoms with Crippen molar-refractivity contribution >= 4 is 11.6 Å². The van der Waals surface area contributed by atoms with Crippen LogP contribution in [0.2, 0.25) is 5.02 Å². The highest BCUT2D eigenvalue weighted by molar-refractivity contribution is 6.32. The van der Waals surface area contributed by atoms with Gasteiger partial charge in [0.1, 0.15) is 5.75 Å². The second-order valence-electron chi connectivity index (χ2n) is 4.48. The molecule has 19 heavy (non-hydrogen) atoms. The van der Waals surface area contributed by atoms with E-state index in [1.807, 2.05) is 36.7 Å². The molecule has 0 aliphatic heterocycles. The zero-order chi connectivity index (χ0) is 14.0. The Morgan fingerprint density at radius 2 is 2.11 bits per heavy atom. The molecule has 102 valence electrons. The summed E-state index contributed by atoms with van der Waals surface area (Å²) in [5.41, 5.74) is 10.0. The van der Waals surface area contributed by atoms with Crippen LogP contribution in [0.25, 0.3) is 0 Å². The summed E-state index contributed by atoms with van der Waals surface area (Å²) < 4.78 is 7.10. The Kier molecular flexibility index (Phi) is 4.12. The maximum Gasteiger partial charge on any atom is 0.137 e. The van der Waals surface area contributed by atoms with Gasteiger partial charge in [0.05, 0.1) is 24.4 Å². The van der Waals surface area contributed by atoms with Gasteiger partial charge < -0.3 is 10.5 Å². The van der Waals surface area contributed by atoms with Gasteiger partial charge in [0.2, 0.25) is 0 Å². The number of aromatic nitrogens is 2. The highest BCUT2D eigenvalue weighted by atomic mass is 35.5. The standard InChI is InChI=1S/C14H18ClN3O/c1-9-12(7-16)10(2)18(17-9)8-11-4-5-14(19-3)13(15)6-11/h4-6H,7-8,16H2,1-3H3. The Bertz CT molecular complexity index is 593. The van der Waals surface area contributed by atoms with Gasteiger partial charge in [-0.05, 0) is 31.5 Å². The van der Waals surface area contributed by atoms with Crippen LogP contribution in [0.1, 0.15) is 22.5 Å². The Hall–Kier alpha value is -1.52. The Morgan fingerprint density at radius 1 is 1.37 bits per heavy atom. The number of nitrogens with zero attached hydrogens (tertiary/aromatic N) is 2. The van der Waals surface area contributed by atoms with Gasteiger partial charge in [-0.2, -0.15) is 5.10 Å². The van der Waals surface area contributed by atoms with E-state index in [-0.39, 0.29) is 0 Å². The van der Waals surface area contributed by atoms with Gasteiger partial charge in [-0.25, -0.2) is 0 Å². The minimum atomic E-state index is 0.515. The number of hydrogen-bond donors (Lipinski definition) is 1. The van der Waals surface area contributed by atoms with E-state index in [0.29, 0.717) is 23.9 Å². The van der Waals surface area contributed by atoms with Gasteiger partial charge >= 0.3 is 0 Å². The molecule has 0 amide bonds. The highest BCUT2D eigenvalue weighted by Gasteiger charge is 2.10. The van der Waals surface area contributed by atoms with Crippen LogP contribution in [0.5, 0.6) is 5.75 Å². The summed E-state index contributed by atoms with van der Waals surface area (Å²) in [7, 11) is 1.61. The third-order valence-electron chi connectivity index (χ3n) is 3.28. The van der Waals surface area contributed by atoms with Gasteiger partial charge in [-0.15, -0.1) is 0 Å². The van der Waals surface area contributed by atoms with Crippen molar-refractivity contribution in [1.82, 2.24) is 9.78 Å². The van der Waals surface area contributed by atoms with E-state index in [0.717, 1.165) is 22.5 Å². The summed E-state index contributed by atoms with van der Waals surface area (Å²) in [5, 5.41) is 5.12. The van der Waals surface area contributed by atoms with Crippen molar-refractivity contribution in [1.29, 1.82) is 0 Å². The fourth-order valence-electron chi connectivity index (χ4n) is 2.16. The van der Waals surface area contributed by atoms with Crippen molar-refractivity contribution in [2.75, 3.05) is 7.11 Å². The highest BCUT2D eigenvalue weighted by Crippen LogP contribution is 2.25. The number of benzene rings is 1. The van der Waals surface area contributed by atoms with Gasteiger partial charge in [0.15, 0.2) is 0 Å². The lowest BCUT2D eigenvalue weighted by Crippen LogP contribution is -2.05. The van der Waals surface area contributed by atoms with Crippen LogP contribution in [-0.2, 0) is 13.1 Å². The lowest BCUT2D eigenvalue weighted by Gasteiger charge is -2.08. The van der Waals surface area contributed by atoms with Crippen molar-refractivity contribution in [3.05, 3.63) is 45.7 Å². The first-order valence-corrected chi connectivity index (χ1v) is 6.50. The molecule has 1 heterocycles. The first-order valence-electron chi connectivity index (χ1n) is 6.12. The fraction of sp³-hybridized carbons (Fsp3) is 0.357. The summed E-state index contributed by atoms with van der Waals surface area (Å²) in [4.78, 5) is 0. The zero-order valence-corrected chi connectivity index (χ0v) is 12.2. The van der Waals surface area contributed by atoms with E-state index in [9.17, 15) is 0 Å². The molecule has 0 radical (unpaired) electrons. The lowest BCUT2D eigenvalue weighted by molar-refractivity contribution is 0.415. The minimum Gasteiger partial charge on any atom is -0.495 e. The lowest BCUT2D eigenvalue weighted by atomic mass is 10.2. The summed E-state index contributed by atoms with van der Waals surface area (Å²) >= 11 is 6.12. The first-order chi connectivity index (χ1) is 9.06. The van der Waals surface area contributed by atoms with Crippen LogP contribution in [0.3, 0.4) is 0 Å². The Morgan fingerprint density at radius 3 is 2.63 bits per heavy atom. The molecular formula is C14H18ClN3O. The van der Waals surface area contributed by atoms with E-state index in [1.165, 1.54) is 0 Å². The van der Waals surface area contributed by atoms with Crippen LogP contribution in [0.4, 0.5) is 0 Å². The van der Waals surface area contributed by atoms with Crippen LogP contribution >= 0.6 is 11.6 Å². The molecule has 0 saturated carbocycles. The molecule has 2 rings (SSSR count). The van der Waals surface area contributed by atoms with Crippen molar-refractivity contribution in [3.8, 4) is 5.75 Å². The molecule has 5 heteroatoms. The van der Waals surface area contributed by atoms with Gasteiger partial charge in [0.25, 0.3) is 0 Å². The molecule has 0 saturated heterocycles. The number of nitrogens with two attached hydrogens (primary N) is 1. The average Bonchev–Trinajstić information content (AvgIpc) is 2.64. The molecule has 1 aromatic heterocycles. The maximum atomic E-state index is 6.12. The molecule has 0 bridgehead atoms. The van der Waals surface area contributed by atoms with Crippen molar-refractivity contribution < 1.29 is 4.74 Å². The summed E-state index contributed by atoms with van der Waals surface area (Å²) in [6.07, 6.45) is 0. The van der Waals surface area contributed by atoms with Crippen molar-refractivity contribution in [2.45, 2.75) is 26.9 Å². The Balaban J connectivity index is 2.29. The molecule has 0 atom stereocenters. The molecule has 0 fully saturated rings. The molecule has 1 aromatic carbocycles. The summed E-state index contributed by atoms with van der Waals surface area (Å²) in [6, 6.07) is 5.76. The minimum absolute atomic E-state index is 0.515. The SMILES string of the molecule is COc1ccc(Cn2nc(C)c(CN)c2C)cc1Cl. The topological polar surface area (TPSA) is 53.1 Å². The molecule has 0 aliphatic carbocycles. The quantitative estimate of drug-likeness (QED) is 0.936. The molecule has 2 N–H and O–H groups in total. The molecule has 2 aromatic rings. The third-order valence-corrected chi connectivity index (χ3v) is 3.58. The third kappa shape index (κ3) is 2.74.